The van der Waals surface area contributed by atoms with Crippen LogP contribution in [0.15, 0.2) is 0 Å². The summed E-state index contributed by atoms with van der Waals surface area (Å²) in [5.41, 5.74) is 0. The van der Waals surface area contributed by atoms with Gasteiger partial charge in [-0.15, -0.1) is 0 Å². The van der Waals surface area contributed by atoms with Crippen molar-refractivity contribution in [3.63, 3.8) is 0 Å². The van der Waals surface area contributed by atoms with Crippen molar-refractivity contribution in [3.05, 3.63) is 0 Å². The van der Waals surface area contributed by atoms with Crippen LogP contribution in [0.5, 0.6) is 0 Å². The molecule has 1 fully saturated rings. The molecule has 6 heteroatoms. The highest BCUT2D eigenvalue weighted by atomic mass is 16.5. The molecule has 0 aromatic rings. The van der Waals surface area contributed by atoms with Crippen LogP contribution in [0.1, 0.15) is 0 Å². The van der Waals surface area contributed by atoms with E-state index in [2.05, 4.69) is 10.1 Å². The number of amides is 3. The van der Waals surface area contributed by atoms with Crippen LogP contribution in [-0.2, 0) is 14.3 Å². The number of methoxy groups -OCH3 is 1. The number of nitrogens with one attached hydrogen (secondary N) is 2. The van der Waals surface area contributed by atoms with E-state index >= 15 is 0 Å². The Morgan fingerprint density at radius 1 is 1.58 bits per heavy atom. The summed E-state index contributed by atoms with van der Waals surface area (Å²) in [5, 5.41) is 4.26. The van der Waals surface area contributed by atoms with Gasteiger partial charge in [0.15, 0.2) is 5.92 Å². The summed E-state index contributed by atoms with van der Waals surface area (Å²) in [6.45, 7) is -0.00264. The molecule has 1 unspecified atom stereocenters. The van der Waals surface area contributed by atoms with Crippen molar-refractivity contribution >= 4 is 17.9 Å². The van der Waals surface area contributed by atoms with Gasteiger partial charge in [-0.05, 0) is 0 Å². The molecule has 1 saturated heterocycles. The minimum absolute atomic E-state index is 0.00264. The molecule has 6 nitrogen and oxygen atoms in total. The average molecular weight is 172 g/mol. The van der Waals surface area contributed by atoms with Gasteiger partial charge in [0.25, 0.3) is 0 Å². The number of carbonyl (C=O) groups is 3. The summed E-state index contributed by atoms with van der Waals surface area (Å²) in [6.07, 6.45) is 0. The Hall–Kier alpha value is -1.59. The van der Waals surface area contributed by atoms with E-state index < -0.39 is 23.8 Å². The lowest BCUT2D eigenvalue weighted by Crippen LogP contribution is -2.54. The van der Waals surface area contributed by atoms with Gasteiger partial charge in [-0.2, -0.15) is 0 Å². The molecule has 0 aliphatic carbocycles. The van der Waals surface area contributed by atoms with Crippen LogP contribution in [0.3, 0.4) is 0 Å². The minimum Gasteiger partial charge on any atom is -0.468 e. The molecule has 0 aromatic carbocycles. The normalized spacial score (nSPS) is 22.6. The largest absolute Gasteiger partial charge is 0.468 e. The molecule has 0 saturated carbocycles. The van der Waals surface area contributed by atoms with Crippen LogP contribution in [0.2, 0.25) is 0 Å². The van der Waals surface area contributed by atoms with Gasteiger partial charge in [0, 0.05) is 6.54 Å². The number of hydrogen-bond donors (Lipinski definition) is 2. The third-order valence-corrected chi connectivity index (χ3v) is 1.51. The second-order valence-electron chi connectivity index (χ2n) is 2.28. The van der Waals surface area contributed by atoms with E-state index in [0.717, 1.165) is 0 Å². The highest BCUT2D eigenvalue weighted by Crippen LogP contribution is 2.01. The molecule has 1 heterocycles. The van der Waals surface area contributed by atoms with Crippen molar-refractivity contribution in [3.8, 4) is 0 Å². The zero-order valence-electron chi connectivity index (χ0n) is 6.42. The summed E-state index contributed by atoms with van der Waals surface area (Å²) >= 11 is 0. The number of hydrogen-bond acceptors (Lipinski definition) is 4. The predicted octanol–water partition coefficient (Wildman–Crippen LogP) is -1.38. The standard InChI is InChI=1S/C6H8N2O4/c1-12-5(10)3-2-7-6(11)8-4(3)9/h3H,2H2,1H3,(H2,7,8,9,11). The van der Waals surface area contributed by atoms with Gasteiger partial charge in [0.1, 0.15) is 0 Å². The Labute approximate surface area is 68.3 Å². The fraction of sp³-hybridized carbons (Fsp3) is 0.500. The SMILES string of the molecule is COC(=O)C1CNC(=O)NC1=O. The van der Waals surface area contributed by atoms with Gasteiger partial charge < -0.3 is 10.1 Å². The highest BCUT2D eigenvalue weighted by Gasteiger charge is 2.32. The molecule has 1 atom stereocenters. The van der Waals surface area contributed by atoms with E-state index in [1.54, 1.807) is 0 Å². The van der Waals surface area contributed by atoms with Crippen molar-refractivity contribution in [2.75, 3.05) is 13.7 Å². The maximum absolute atomic E-state index is 10.9. The van der Waals surface area contributed by atoms with Crippen LogP contribution in [0.25, 0.3) is 0 Å². The molecule has 66 valence electrons. The van der Waals surface area contributed by atoms with Gasteiger partial charge >= 0.3 is 12.0 Å². The Morgan fingerprint density at radius 3 is 2.75 bits per heavy atom. The lowest BCUT2D eigenvalue weighted by Gasteiger charge is -2.19. The van der Waals surface area contributed by atoms with Crippen molar-refractivity contribution < 1.29 is 19.1 Å². The monoisotopic (exact) mass is 172 g/mol. The molecule has 1 aliphatic rings. The van der Waals surface area contributed by atoms with E-state index in [-0.39, 0.29) is 6.54 Å². The second kappa shape index (κ2) is 3.21. The quantitative estimate of drug-likeness (QED) is 0.377. The Kier molecular flexibility index (Phi) is 2.27. The van der Waals surface area contributed by atoms with E-state index in [1.807, 2.05) is 5.32 Å². The molecule has 2 N–H and O–H groups in total. The molecule has 0 spiro atoms. The van der Waals surface area contributed by atoms with E-state index in [1.165, 1.54) is 7.11 Å². The summed E-state index contributed by atoms with van der Waals surface area (Å²) in [5.74, 6) is -2.19. The van der Waals surface area contributed by atoms with Crippen LogP contribution in [0, 0.1) is 5.92 Å². The van der Waals surface area contributed by atoms with Crippen LogP contribution >= 0.6 is 0 Å². The van der Waals surface area contributed by atoms with Gasteiger partial charge in [0.05, 0.1) is 7.11 Å². The first kappa shape index (κ1) is 8.51. The van der Waals surface area contributed by atoms with Gasteiger partial charge in [-0.1, -0.05) is 0 Å². The molecule has 0 aromatic heterocycles. The maximum Gasteiger partial charge on any atom is 0.321 e. The van der Waals surface area contributed by atoms with Crippen LogP contribution < -0.4 is 10.6 Å². The highest BCUT2D eigenvalue weighted by molar-refractivity contribution is 6.07. The van der Waals surface area contributed by atoms with Crippen LogP contribution in [0.4, 0.5) is 4.79 Å². The number of carbonyl (C=O) groups excluding carboxylic acids is 3. The van der Waals surface area contributed by atoms with Crippen molar-refractivity contribution in [2.45, 2.75) is 0 Å². The molecule has 3 amide bonds. The Morgan fingerprint density at radius 2 is 2.25 bits per heavy atom. The van der Waals surface area contributed by atoms with Crippen molar-refractivity contribution in [2.24, 2.45) is 5.92 Å². The molecule has 0 bridgehead atoms. The third-order valence-electron chi connectivity index (χ3n) is 1.51. The molecule has 12 heavy (non-hydrogen) atoms. The van der Waals surface area contributed by atoms with Gasteiger partial charge in [-0.3, -0.25) is 14.9 Å². The number of urea groups is 1. The number of esters is 1. The lowest BCUT2D eigenvalue weighted by molar-refractivity contribution is -0.149. The maximum atomic E-state index is 10.9. The molecule has 1 aliphatic heterocycles. The first-order chi connectivity index (χ1) is 5.65. The van der Waals surface area contributed by atoms with Crippen molar-refractivity contribution in [1.82, 2.24) is 10.6 Å². The summed E-state index contributed by atoms with van der Waals surface area (Å²) in [4.78, 5) is 32.3. The molecule has 1 rings (SSSR count). The lowest BCUT2D eigenvalue weighted by atomic mass is 10.1. The smallest absolute Gasteiger partial charge is 0.321 e. The molecular formula is C6H8N2O4. The summed E-state index contributed by atoms with van der Waals surface area (Å²) in [7, 11) is 1.19. The van der Waals surface area contributed by atoms with Gasteiger partial charge in [-0.25, -0.2) is 4.79 Å². The minimum atomic E-state index is -0.923. The zero-order chi connectivity index (χ0) is 9.14. The summed E-state index contributed by atoms with van der Waals surface area (Å²) in [6, 6.07) is -0.583. The van der Waals surface area contributed by atoms with E-state index in [9.17, 15) is 14.4 Å². The fourth-order valence-electron chi connectivity index (χ4n) is 0.863. The number of ether oxygens (including phenoxy) is 1. The average Bonchev–Trinajstić information content (AvgIpc) is 2.03. The van der Waals surface area contributed by atoms with E-state index in [0.29, 0.717) is 0 Å². The van der Waals surface area contributed by atoms with E-state index in [4.69, 9.17) is 0 Å². The number of imide groups is 1. The fourth-order valence-corrected chi connectivity index (χ4v) is 0.863. The second-order valence-corrected chi connectivity index (χ2v) is 2.28. The number of rotatable bonds is 1. The topological polar surface area (TPSA) is 84.5 Å². The summed E-state index contributed by atoms with van der Waals surface area (Å²) < 4.78 is 4.34. The van der Waals surface area contributed by atoms with Crippen molar-refractivity contribution in [1.29, 1.82) is 0 Å². The predicted molar refractivity (Wildman–Crippen MR) is 37.0 cm³/mol. The van der Waals surface area contributed by atoms with Crippen LogP contribution in [-0.4, -0.2) is 31.6 Å². The molecule has 0 radical (unpaired) electrons. The van der Waals surface area contributed by atoms with Gasteiger partial charge in [0.2, 0.25) is 5.91 Å². The first-order valence-corrected chi connectivity index (χ1v) is 3.31. The Bertz CT molecular complexity index is 238. The first-order valence-electron chi connectivity index (χ1n) is 3.31. The zero-order valence-corrected chi connectivity index (χ0v) is 6.42. The third kappa shape index (κ3) is 1.52. The Balaban J connectivity index is 2.62. The molecular weight excluding hydrogens is 164 g/mol.